The maximum Gasteiger partial charge on any atom is 0.170 e. The van der Waals surface area contributed by atoms with E-state index in [0.717, 1.165) is 29.2 Å². The Balaban J connectivity index is 1.74. The van der Waals surface area contributed by atoms with Crippen LogP contribution in [0, 0.1) is 12.8 Å². The van der Waals surface area contributed by atoms with Crippen LogP contribution in [0.4, 0.5) is 0 Å². The zero-order valence-corrected chi connectivity index (χ0v) is 16.5. The van der Waals surface area contributed by atoms with Gasteiger partial charge in [-0.25, -0.2) is 0 Å². The first-order valence-electron chi connectivity index (χ1n) is 9.83. The molecule has 0 bridgehead atoms. The minimum Gasteiger partial charge on any atom is -0.490 e. The summed E-state index contributed by atoms with van der Waals surface area (Å²) in [7, 11) is 0. The van der Waals surface area contributed by atoms with Crippen LogP contribution in [0.25, 0.3) is 5.70 Å². The highest BCUT2D eigenvalue weighted by Gasteiger charge is 2.40. The highest BCUT2D eigenvalue weighted by Crippen LogP contribution is 2.46. The second-order valence-electron chi connectivity index (χ2n) is 7.72. The van der Waals surface area contributed by atoms with Gasteiger partial charge in [-0.3, -0.25) is 0 Å². The predicted molar refractivity (Wildman–Crippen MR) is 108 cm³/mol. The van der Waals surface area contributed by atoms with Gasteiger partial charge in [-0.15, -0.1) is 0 Å². The molecule has 0 amide bonds. The molecule has 4 rings (SSSR count). The van der Waals surface area contributed by atoms with Crippen LogP contribution < -0.4 is 14.9 Å². The summed E-state index contributed by atoms with van der Waals surface area (Å²) < 4.78 is 12.3. The van der Waals surface area contributed by atoms with Gasteiger partial charge in [0, 0.05) is 12.0 Å². The first-order chi connectivity index (χ1) is 13.1. The molecular weight excluding hydrogens is 336 g/mol. The molecule has 0 aromatic heterocycles. The molecule has 1 N–H and O–H groups in total. The van der Waals surface area contributed by atoms with Crippen molar-refractivity contribution in [2.75, 3.05) is 6.61 Å². The van der Waals surface area contributed by atoms with Crippen molar-refractivity contribution in [2.24, 2.45) is 5.92 Å². The fraction of sp³-hybridized carbons (Fsp3) is 0.391. The lowest BCUT2D eigenvalue weighted by molar-refractivity contribution is -0.0435. The summed E-state index contributed by atoms with van der Waals surface area (Å²) >= 11 is 0. The maximum atomic E-state index is 6.45. The van der Waals surface area contributed by atoms with Crippen LogP contribution >= 0.6 is 0 Å². The molecule has 4 heteroatoms. The van der Waals surface area contributed by atoms with Crippen LogP contribution in [0.2, 0.25) is 0 Å². The van der Waals surface area contributed by atoms with Crippen molar-refractivity contribution in [3.63, 3.8) is 0 Å². The molecule has 0 unspecified atom stereocenters. The number of hydrazine groups is 1. The molecule has 2 aromatic rings. The van der Waals surface area contributed by atoms with E-state index in [1.54, 1.807) is 0 Å². The summed E-state index contributed by atoms with van der Waals surface area (Å²) in [6.45, 7) is 9.21. The number of hydrogen-bond acceptors (Lipinski definition) is 4. The van der Waals surface area contributed by atoms with Crippen LogP contribution in [0.1, 0.15) is 49.9 Å². The molecule has 0 radical (unpaired) electrons. The number of ether oxygens (including phenoxy) is 2. The lowest BCUT2D eigenvalue weighted by Gasteiger charge is -2.40. The topological polar surface area (TPSA) is 33.7 Å². The van der Waals surface area contributed by atoms with E-state index in [2.05, 4.69) is 67.6 Å². The van der Waals surface area contributed by atoms with Gasteiger partial charge in [0.25, 0.3) is 0 Å². The molecule has 0 saturated heterocycles. The van der Waals surface area contributed by atoms with Crippen molar-refractivity contribution >= 4 is 5.70 Å². The largest absolute Gasteiger partial charge is 0.490 e. The van der Waals surface area contributed by atoms with Gasteiger partial charge in [0.15, 0.2) is 17.7 Å². The zero-order chi connectivity index (χ0) is 19.0. The van der Waals surface area contributed by atoms with Crippen molar-refractivity contribution in [1.82, 2.24) is 10.4 Å². The number of rotatable bonds is 5. The van der Waals surface area contributed by atoms with E-state index in [1.807, 2.05) is 19.1 Å². The Morgan fingerprint density at radius 1 is 1.15 bits per heavy atom. The molecule has 2 heterocycles. The van der Waals surface area contributed by atoms with Crippen molar-refractivity contribution in [2.45, 2.75) is 46.4 Å². The maximum absolute atomic E-state index is 6.45. The third kappa shape index (κ3) is 3.42. The van der Waals surface area contributed by atoms with Gasteiger partial charge < -0.3 is 14.9 Å². The number of benzene rings is 2. The summed E-state index contributed by atoms with van der Waals surface area (Å²) in [5, 5.41) is 2.24. The van der Waals surface area contributed by atoms with Crippen LogP contribution in [-0.4, -0.2) is 17.8 Å². The summed E-state index contributed by atoms with van der Waals surface area (Å²) in [6.07, 6.45) is 3.20. The van der Waals surface area contributed by atoms with Crippen LogP contribution in [-0.2, 0) is 0 Å². The molecule has 0 aliphatic carbocycles. The molecule has 27 heavy (non-hydrogen) atoms. The van der Waals surface area contributed by atoms with E-state index in [0.29, 0.717) is 12.5 Å². The van der Waals surface area contributed by atoms with E-state index in [9.17, 15) is 0 Å². The van der Waals surface area contributed by atoms with Crippen LogP contribution in [0.15, 0.2) is 48.5 Å². The van der Waals surface area contributed by atoms with E-state index in [4.69, 9.17) is 9.47 Å². The Morgan fingerprint density at radius 2 is 1.93 bits per heavy atom. The molecule has 0 spiro atoms. The number of hydrogen-bond donors (Lipinski definition) is 1. The van der Waals surface area contributed by atoms with Gasteiger partial charge in [0.05, 0.1) is 18.3 Å². The average Bonchev–Trinajstić information content (AvgIpc) is 3.09. The Morgan fingerprint density at radius 3 is 2.63 bits per heavy atom. The van der Waals surface area contributed by atoms with Gasteiger partial charge in [-0.1, -0.05) is 55.8 Å². The minimum atomic E-state index is -0.0386. The Labute approximate surface area is 161 Å². The SMILES string of the molecule is CCOc1cccc2c1O[C@@H](CC(C)C)N1NC(c3ccc(C)cc3)=C[C@@H]21. The molecule has 2 aromatic carbocycles. The monoisotopic (exact) mass is 364 g/mol. The fourth-order valence-corrected chi connectivity index (χ4v) is 3.79. The van der Waals surface area contributed by atoms with Crippen LogP contribution in [0.5, 0.6) is 11.5 Å². The molecule has 4 nitrogen and oxygen atoms in total. The third-order valence-electron chi connectivity index (χ3n) is 5.10. The normalized spacial score (nSPS) is 21.1. The molecule has 2 aliphatic rings. The first-order valence-corrected chi connectivity index (χ1v) is 9.83. The highest BCUT2D eigenvalue weighted by atomic mass is 16.5. The number of aryl methyl sites for hydroxylation is 1. The quantitative estimate of drug-likeness (QED) is 0.804. The number of nitrogens with one attached hydrogen (secondary N) is 1. The minimum absolute atomic E-state index is 0.0386. The van der Waals surface area contributed by atoms with E-state index in [1.165, 1.54) is 11.1 Å². The highest BCUT2D eigenvalue weighted by molar-refractivity contribution is 5.68. The fourth-order valence-electron chi connectivity index (χ4n) is 3.79. The zero-order valence-electron chi connectivity index (χ0n) is 16.5. The molecule has 0 saturated carbocycles. The molecule has 0 fully saturated rings. The van der Waals surface area contributed by atoms with E-state index < -0.39 is 0 Å². The molecular formula is C23H28N2O2. The Bertz CT molecular complexity index is 842. The van der Waals surface area contributed by atoms with Crippen molar-refractivity contribution in [3.8, 4) is 11.5 Å². The van der Waals surface area contributed by atoms with Crippen molar-refractivity contribution < 1.29 is 9.47 Å². The molecule has 2 atom stereocenters. The standard InChI is InChI=1S/C23H28N2O2/c1-5-26-21-8-6-7-18-20-14-19(17-11-9-16(4)10-12-17)24-25(20)22(13-15(2)3)27-23(18)21/h6-12,14-15,20,22,24H,5,13H2,1-4H3/t20-,22-/m0/s1. The summed E-state index contributed by atoms with van der Waals surface area (Å²) in [4.78, 5) is 0. The number of para-hydroxylation sites is 1. The van der Waals surface area contributed by atoms with Crippen LogP contribution in [0.3, 0.4) is 0 Å². The summed E-state index contributed by atoms with van der Waals surface area (Å²) in [5.74, 6) is 2.25. The summed E-state index contributed by atoms with van der Waals surface area (Å²) in [6, 6.07) is 15.0. The second kappa shape index (κ2) is 7.28. The van der Waals surface area contributed by atoms with Crippen molar-refractivity contribution in [3.05, 3.63) is 65.2 Å². The summed E-state index contributed by atoms with van der Waals surface area (Å²) in [5.41, 5.74) is 8.35. The smallest absolute Gasteiger partial charge is 0.170 e. The van der Waals surface area contributed by atoms with Gasteiger partial charge >= 0.3 is 0 Å². The van der Waals surface area contributed by atoms with E-state index in [-0.39, 0.29) is 12.3 Å². The van der Waals surface area contributed by atoms with Gasteiger partial charge in [-0.05, 0) is 37.5 Å². The Hall–Kier alpha value is -2.46. The van der Waals surface area contributed by atoms with E-state index >= 15 is 0 Å². The lowest BCUT2D eigenvalue weighted by Crippen LogP contribution is -2.49. The molecule has 142 valence electrons. The average molecular weight is 364 g/mol. The lowest BCUT2D eigenvalue weighted by atomic mass is 9.99. The van der Waals surface area contributed by atoms with Crippen molar-refractivity contribution in [1.29, 1.82) is 0 Å². The first kappa shape index (κ1) is 17.9. The number of fused-ring (bicyclic) bond motifs is 3. The van der Waals surface area contributed by atoms with Gasteiger partial charge in [-0.2, -0.15) is 5.01 Å². The third-order valence-corrected chi connectivity index (χ3v) is 5.10. The Kier molecular flexibility index (Phi) is 4.83. The molecule has 2 aliphatic heterocycles. The van der Waals surface area contributed by atoms with Gasteiger partial charge in [0.1, 0.15) is 0 Å². The van der Waals surface area contributed by atoms with Gasteiger partial charge in [0.2, 0.25) is 0 Å². The number of nitrogens with zero attached hydrogens (tertiary/aromatic N) is 1. The second-order valence-corrected chi connectivity index (χ2v) is 7.72. The predicted octanol–water partition coefficient (Wildman–Crippen LogP) is 5.06.